The van der Waals surface area contributed by atoms with Gasteiger partial charge in [-0.05, 0) is 66.6 Å². The molecule has 0 atom stereocenters. The molecular formula is C13H12Br3NS. The van der Waals surface area contributed by atoms with Crippen molar-refractivity contribution in [3.63, 3.8) is 0 Å². The Morgan fingerprint density at radius 1 is 1.17 bits per heavy atom. The molecule has 1 nitrogen and oxygen atoms in total. The minimum Gasteiger partial charge on any atom is -0.369 e. The number of hydrogen-bond donors (Lipinski definition) is 0. The molecule has 5 heteroatoms. The largest absolute Gasteiger partial charge is 0.369 e. The Bertz CT molecular complexity index is 539. The summed E-state index contributed by atoms with van der Waals surface area (Å²) in [6.07, 6.45) is 0. The Labute approximate surface area is 137 Å². The van der Waals surface area contributed by atoms with Crippen molar-refractivity contribution in [1.29, 1.82) is 0 Å². The molecule has 1 aromatic carbocycles. The molecule has 0 unspecified atom stereocenters. The molecular weight excluding hydrogens is 442 g/mol. The maximum absolute atomic E-state index is 3.64. The van der Waals surface area contributed by atoms with Crippen molar-refractivity contribution in [3.05, 3.63) is 49.0 Å². The van der Waals surface area contributed by atoms with Gasteiger partial charge in [0.1, 0.15) is 0 Å². The van der Waals surface area contributed by atoms with Crippen LogP contribution >= 0.6 is 59.1 Å². The number of rotatable bonds is 4. The van der Waals surface area contributed by atoms with Crippen LogP contribution < -0.4 is 4.90 Å². The van der Waals surface area contributed by atoms with Crippen molar-refractivity contribution in [3.8, 4) is 0 Å². The molecule has 0 saturated heterocycles. The molecule has 18 heavy (non-hydrogen) atoms. The van der Waals surface area contributed by atoms with Crippen LogP contribution in [0.4, 0.5) is 5.69 Å². The second-order valence-electron chi connectivity index (χ2n) is 4.03. The number of halogens is 3. The number of nitrogens with zero attached hydrogens (tertiary/aromatic N) is 1. The monoisotopic (exact) mass is 451 g/mol. The third-order valence-electron chi connectivity index (χ3n) is 2.62. The van der Waals surface area contributed by atoms with E-state index in [0.29, 0.717) is 0 Å². The van der Waals surface area contributed by atoms with Gasteiger partial charge in [0.25, 0.3) is 0 Å². The molecule has 0 amide bonds. The number of hydrogen-bond acceptors (Lipinski definition) is 2. The van der Waals surface area contributed by atoms with Gasteiger partial charge < -0.3 is 4.90 Å². The van der Waals surface area contributed by atoms with Crippen LogP contribution in [0.1, 0.15) is 11.1 Å². The van der Waals surface area contributed by atoms with Crippen LogP contribution in [0.5, 0.6) is 0 Å². The second-order valence-corrected chi connectivity index (χ2v) is 7.74. The first-order valence-corrected chi connectivity index (χ1v) is 8.97. The maximum Gasteiger partial charge on any atom is 0.0701 e. The molecule has 0 saturated carbocycles. The Hall–Kier alpha value is 0.160. The van der Waals surface area contributed by atoms with Crippen molar-refractivity contribution in [2.45, 2.75) is 11.9 Å². The van der Waals surface area contributed by atoms with E-state index in [1.165, 1.54) is 20.6 Å². The van der Waals surface area contributed by atoms with E-state index in [-0.39, 0.29) is 0 Å². The van der Waals surface area contributed by atoms with E-state index < -0.39 is 0 Å². The van der Waals surface area contributed by atoms with Gasteiger partial charge in [-0.2, -0.15) is 0 Å². The smallest absolute Gasteiger partial charge is 0.0701 e. The quantitative estimate of drug-likeness (QED) is 0.528. The molecule has 0 aliphatic rings. The Morgan fingerprint density at radius 2 is 1.94 bits per heavy atom. The van der Waals surface area contributed by atoms with E-state index in [1.807, 2.05) is 0 Å². The van der Waals surface area contributed by atoms with Crippen LogP contribution in [0.2, 0.25) is 0 Å². The van der Waals surface area contributed by atoms with Crippen LogP contribution in [0.25, 0.3) is 0 Å². The molecule has 0 radical (unpaired) electrons. The number of thiophene rings is 1. The van der Waals surface area contributed by atoms with Gasteiger partial charge in [0.05, 0.1) is 9.47 Å². The first-order chi connectivity index (χ1) is 8.60. The summed E-state index contributed by atoms with van der Waals surface area (Å²) in [5.41, 5.74) is 3.81. The van der Waals surface area contributed by atoms with Crippen LogP contribution in [0.3, 0.4) is 0 Å². The van der Waals surface area contributed by atoms with Gasteiger partial charge in [-0.1, -0.05) is 22.0 Å². The first kappa shape index (κ1) is 14.6. The molecule has 0 fully saturated rings. The van der Waals surface area contributed by atoms with Gasteiger partial charge in [-0.25, -0.2) is 0 Å². The third-order valence-corrected chi connectivity index (χ3v) is 5.46. The van der Waals surface area contributed by atoms with E-state index in [0.717, 1.165) is 16.3 Å². The lowest BCUT2D eigenvalue weighted by Crippen LogP contribution is -2.16. The number of alkyl halides is 1. The number of anilines is 1. The van der Waals surface area contributed by atoms with Crippen molar-refractivity contribution in [1.82, 2.24) is 0 Å². The zero-order valence-electron chi connectivity index (χ0n) is 9.79. The minimum absolute atomic E-state index is 0.882. The maximum atomic E-state index is 3.64. The highest BCUT2D eigenvalue weighted by Crippen LogP contribution is 2.29. The highest BCUT2D eigenvalue weighted by Gasteiger charge is 2.08. The van der Waals surface area contributed by atoms with Crippen molar-refractivity contribution in [2.75, 3.05) is 11.9 Å². The highest BCUT2D eigenvalue weighted by molar-refractivity contribution is 9.11. The molecule has 0 N–H and O–H groups in total. The van der Waals surface area contributed by atoms with Crippen LogP contribution in [0, 0.1) is 0 Å². The zero-order chi connectivity index (χ0) is 13.1. The van der Waals surface area contributed by atoms with Gasteiger partial charge in [0.15, 0.2) is 0 Å². The summed E-state index contributed by atoms with van der Waals surface area (Å²) >= 11 is 12.3. The van der Waals surface area contributed by atoms with Gasteiger partial charge in [-0.15, -0.1) is 11.3 Å². The topological polar surface area (TPSA) is 3.24 Å². The lowest BCUT2D eigenvalue weighted by molar-refractivity contribution is 0.923. The SMILES string of the molecule is CN(Cc1csc(Br)c1)c1ccc(CBr)cc1Br. The van der Waals surface area contributed by atoms with E-state index in [1.54, 1.807) is 11.3 Å². The summed E-state index contributed by atoms with van der Waals surface area (Å²) in [6, 6.07) is 8.63. The fraction of sp³-hybridized carbons (Fsp3) is 0.231. The average molecular weight is 454 g/mol. The molecule has 0 bridgehead atoms. The zero-order valence-corrected chi connectivity index (χ0v) is 15.4. The normalized spacial score (nSPS) is 10.7. The predicted molar refractivity (Wildman–Crippen MR) is 90.9 cm³/mol. The van der Waals surface area contributed by atoms with Gasteiger partial charge >= 0.3 is 0 Å². The van der Waals surface area contributed by atoms with E-state index >= 15 is 0 Å². The fourth-order valence-electron chi connectivity index (χ4n) is 1.73. The predicted octanol–water partition coefficient (Wildman–Crippen LogP) is 5.80. The lowest BCUT2D eigenvalue weighted by atomic mass is 10.2. The standard InChI is InChI=1S/C13H12Br3NS/c1-17(7-10-5-13(16)18-8-10)12-3-2-9(6-14)4-11(12)15/h2-5,8H,6-7H2,1H3. The molecule has 1 heterocycles. The van der Waals surface area contributed by atoms with Gasteiger partial charge in [0, 0.05) is 23.4 Å². The van der Waals surface area contributed by atoms with Gasteiger partial charge in [0.2, 0.25) is 0 Å². The van der Waals surface area contributed by atoms with E-state index in [4.69, 9.17) is 0 Å². The van der Waals surface area contributed by atoms with Crippen LogP contribution in [-0.2, 0) is 11.9 Å². The van der Waals surface area contributed by atoms with Crippen LogP contribution in [0.15, 0.2) is 37.9 Å². The Kier molecular flexibility index (Phi) is 5.30. The third kappa shape index (κ3) is 3.59. The van der Waals surface area contributed by atoms with E-state index in [9.17, 15) is 0 Å². The highest BCUT2D eigenvalue weighted by atomic mass is 79.9. The summed E-state index contributed by atoms with van der Waals surface area (Å²) in [4.78, 5) is 2.25. The fourth-order valence-corrected chi connectivity index (χ4v) is 4.01. The molecule has 2 aromatic rings. The second kappa shape index (κ2) is 6.55. The van der Waals surface area contributed by atoms with Crippen LogP contribution in [-0.4, -0.2) is 7.05 Å². The summed E-state index contributed by atoms with van der Waals surface area (Å²) in [5, 5.41) is 3.06. The minimum atomic E-state index is 0.882. The molecule has 96 valence electrons. The summed E-state index contributed by atoms with van der Waals surface area (Å²) in [6.45, 7) is 0.911. The molecule has 0 spiro atoms. The molecule has 1 aromatic heterocycles. The lowest BCUT2D eigenvalue weighted by Gasteiger charge is -2.20. The van der Waals surface area contributed by atoms with Gasteiger partial charge in [-0.3, -0.25) is 0 Å². The number of benzene rings is 1. The Balaban J connectivity index is 2.15. The molecule has 0 aliphatic carbocycles. The summed E-state index contributed by atoms with van der Waals surface area (Å²) < 4.78 is 2.32. The van der Waals surface area contributed by atoms with E-state index in [2.05, 4.69) is 89.4 Å². The average Bonchev–Trinajstić information content (AvgIpc) is 2.74. The summed E-state index contributed by atoms with van der Waals surface area (Å²) in [5.74, 6) is 0. The Morgan fingerprint density at radius 3 is 2.50 bits per heavy atom. The molecule has 0 aliphatic heterocycles. The first-order valence-electron chi connectivity index (χ1n) is 5.38. The van der Waals surface area contributed by atoms with Crippen molar-refractivity contribution < 1.29 is 0 Å². The van der Waals surface area contributed by atoms with Crippen molar-refractivity contribution in [2.24, 2.45) is 0 Å². The summed E-state index contributed by atoms with van der Waals surface area (Å²) in [7, 11) is 2.11. The molecule has 2 rings (SSSR count). The van der Waals surface area contributed by atoms with Crippen molar-refractivity contribution >= 4 is 64.8 Å².